The zero-order chi connectivity index (χ0) is 16.2. The van der Waals surface area contributed by atoms with Crippen LogP contribution in [0.25, 0.3) is 0 Å². The number of aromatic nitrogens is 1. The first-order valence-electron chi connectivity index (χ1n) is 8.07. The van der Waals surface area contributed by atoms with E-state index in [0.717, 1.165) is 18.4 Å². The normalized spacial score (nSPS) is 17.6. The van der Waals surface area contributed by atoms with Gasteiger partial charge in [0.2, 0.25) is 0 Å². The first kappa shape index (κ1) is 15.7. The monoisotopic (exact) mass is 314 g/mol. The van der Waals surface area contributed by atoms with Crippen molar-refractivity contribution in [1.29, 1.82) is 0 Å². The fraction of sp³-hybridized carbons (Fsp3) is 0.444. The molecule has 23 heavy (non-hydrogen) atoms. The van der Waals surface area contributed by atoms with Gasteiger partial charge in [0.05, 0.1) is 0 Å². The minimum Gasteiger partial charge on any atom is -0.445 e. The number of benzene rings is 1. The number of hydrogen-bond donors (Lipinski definition) is 1. The molecule has 1 unspecified atom stereocenters. The second-order valence-electron chi connectivity index (χ2n) is 6.15. The summed E-state index contributed by atoms with van der Waals surface area (Å²) in [6.45, 7) is 5.49. The van der Waals surface area contributed by atoms with Gasteiger partial charge in [0.1, 0.15) is 6.10 Å². The number of oxazole rings is 1. The van der Waals surface area contributed by atoms with Crippen molar-refractivity contribution in [2.45, 2.75) is 45.3 Å². The molecule has 0 radical (unpaired) electrons. The van der Waals surface area contributed by atoms with Crippen LogP contribution < -0.4 is 5.32 Å². The summed E-state index contributed by atoms with van der Waals surface area (Å²) < 4.78 is 10.9. The van der Waals surface area contributed by atoms with Gasteiger partial charge >= 0.3 is 0 Å². The highest BCUT2D eigenvalue weighted by Crippen LogP contribution is 2.30. The van der Waals surface area contributed by atoms with Crippen LogP contribution in [0.2, 0.25) is 0 Å². The summed E-state index contributed by atoms with van der Waals surface area (Å²) >= 11 is 0. The highest BCUT2D eigenvalue weighted by molar-refractivity contribution is 5.93. The van der Waals surface area contributed by atoms with E-state index >= 15 is 0 Å². The molecule has 0 saturated carbocycles. The number of rotatable bonds is 5. The summed E-state index contributed by atoms with van der Waals surface area (Å²) in [5, 5.41) is 2.90. The van der Waals surface area contributed by atoms with E-state index < -0.39 is 0 Å². The molecule has 5 nitrogen and oxygen atoms in total. The van der Waals surface area contributed by atoms with Gasteiger partial charge in [0.15, 0.2) is 17.8 Å². The predicted octanol–water partition coefficient (Wildman–Crippen LogP) is 3.58. The molecule has 0 spiro atoms. The fourth-order valence-electron chi connectivity index (χ4n) is 2.73. The number of nitrogens with zero attached hydrogens (tertiary/aromatic N) is 1. The van der Waals surface area contributed by atoms with Crippen molar-refractivity contribution in [2.75, 3.05) is 6.61 Å². The van der Waals surface area contributed by atoms with E-state index in [2.05, 4.69) is 36.3 Å². The van der Waals surface area contributed by atoms with Gasteiger partial charge in [0, 0.05) is 13.2 Å². The van der Waals surface area contributed by atoms with Crippen molar-refractivity contribution in [1.82, 2.24) is 10.3 Å². The van der Waals surface area contributed by atoms with Gasteiger partial charge in [-0.15, -0.1) is 0 Å². The number of nitrogens with one attached hydrogen (secondary N) is 1. The lowest BCUT2D eigenvalue weighted by atomic mass is 10.0. The third-order valence-electron chi connectivity index (χ3n) is 4.13. The summed E-state index contributed by atoms with van der Waals surface area (Å²) in [6.07, 6.45) is 3.01. The Morgan fingerprint density at radius 3 is 2.78 bits per heavy atom. The molecule has 1 fully saturated rings. The van der Waals surface area contributed by atoms with Gasteiger partial charge < -0.3 is 14.5 Å². The van der Waals surface area contributed by atoms with Gasteiger partial charge in [-0.05, 0) is 29.9 Å². The van der Waals surface area contributed by atoms with E-state index in [9.17, 15) is 4.79 Å². The van der Waals surface area contributed by atoms with Gasteiger partial charge in [-0.1, -0.05) is 38.1 Å². The molecular formula is C18H22N2O3. The van der Waals surface area contributed by atoms with E-state index in [4.69, 9.17) is 9.15 Å². The second-order valence-corrected chi connectivity index (χ2v) is 6.15. The molecule has 2 heterocycles. The zero-order valence-corrected chi connectivity index (χ0v) is 13.5. The van der Waals surface area contributed by atoms with Crippen molar-refractivity contribution in [3.8, 4) is 0 Å². The van der Waals surface area contributed by atoms with Crippen molar-refractivity contribution >= 4 is 5.91 Å². The molecule has 1 aromatic heterocycles. The van der Waals surface area contributed by atoms with Crippen LogP contribution in [-0.4, -0.2) is 17.5 Å². The van der Waals surface area contributed by atoms with Crippen LogP contribution in [0.15, 0.2) is 35.1 Å². The van der Waals surface area contributed by atoms with Crippen molar-refractivity contribution in [2.24, 2.45) is 0 Å². The Morgan fingerprint density at radius 2 is 2.13 bits per heavy atom. The number of carbonyl (C=O) groups excluding carboxylic acids is 1. The lowest BCUT2D eigenvalue weighted by Crippen LogP contribution is -2.24. The lowest BCUT2D eigenvalue weighted by molar-refractivity contribution is 0.0860. The number of carbonyl (C=O) groups is 1. The molecule has 122 valence electrons. The maximum atomic E-state index is 12.3. The average Bonchev–Trinajstić information content (AvgIpc) is 3.23. The summed E-state index contributed by atoms with van der Waals surface area (Å²) in [4.78, 5) is 16.4. The van der Waals surface area contributed by atoms with Crippen molar-refractivity contribution in [3.05, 3.63) is 53.2 Å². The first-order valence-corrected chi connectivity index (χ1v) is 8.07. The third-order valence-corrected chi connectivity index (χ3v) is 4.13. The minimum atomic E-state index is -0.225. The Bertz CT molecular complexity index is 655. The lowest BCUT2D eigenvalue weighted by Gasteiger charge is -2.09. The quantitative estimate of drug-likeness (QED) is 0.916. The standard InChI is InChI=1S/C18H22N2O3/c1-12(2)14-7-5-13(6-8-14)10-19-18(21)16-17(23-11-20-16)15-4-3-9-22-15/h5-8,11-12,15H,3-4,9-10H2,1-2H3,(H,19,21). The van der Waals surface area contributed by atoms with E-state index in [1.165, 1.54) is 12.0 Å². The number of hydrogen-bond acceptors (Lipinski definition) is 4. The van der Waals surface area contributed by atoms with Crippen LogP contribution in [0.1, 0.15) is 66.1 Å². The molecular weight excluding hydrogens is 292 g/mol. The summed E-state index contributed by atoms with van der Waals surface area (Å²) in [6, 6.07) is 8.28. The Morgan fingerprint density at radius 1 is 1.35 bits per heavy atom. The molecule has 3 rings (SSSR count). The Labute approximate surface area is 136 Å². The minimum absolute atomic E-state index is 0.149. The van der Waals surface area contributed by atoms with Crippen molar-refractivity contribution < 1.29 is 13.9 Å². The van der Waals surface area contributed by atoms with Gasteiger partial charge in [-0.25, -0.2) is 4.98 Å². The van der Waals surface area contributed by atoms with E-state index in [1.54, 1.807) is 0 Å². The van der Waals surface area contributed by atoms with Gasteiger partial charge in [0.25, 0.3) is 5.91 Å². The van der Waals surface area contributed by atoms with Crippen LogP contribution in [0.4, 0.5) is 0 Å². The number of ether oxygens (including phenoxy) is 1. The highest BCUT2D eigenvalue weighted by atomic mass is 16.5. The molecule has 1 saturated heterocycles. The molecule has 2 aromatic rings. The van der Waals surface area contributed by atoms with Crippen LogP contribution in [0.5, 0.6) is 0 Å². The maximum absolute atomic E-state index is 12.3. The van der Waals surface area contributed by atoms with E-state index in [-0.39, 0.29) is 12.0 Å². The molecule has 1 aliphatic rings. The molecule has 1 aliphatic heterocycles. The molecule has 1 amide bonds. The predicted molar refractivity (Wildman–Crippen MR) is 86.1 cm³/mol. The van der Waals surface area contributed by atoms with Crippen LogP contribution in [-0.2, 0) is 11.3 Å². The third kappa shape index (κ3) is 3.62. The Hall–Kier alpha value is -2.14. The van der Waals surface area contributed by atoms with E-state index in [0.29, 0.717) is 30.5 Å². The molecule has 0 aliphatic carbocycles. The summed E-state index contributed by atoms with van der Waals surface area (Å²) in [5.74, 6) is 0.815. The SMILES string of the molecule is CC(C)c1ccc(CNC(=O)c2ncoc2C2CCCO2)cc1. The molecule has 1 aromatic carbocycles. The fourth-order valence-corrected chi connectivity index (χ4v) is 2.73. The summed E-state index contributed by atoms with van der Waals surface area (Å²) in [5.41, 5.74) is 2.68. The largest absolute Gasteiger partial charge is 0.445 e. The molecule has 1 atom stereocenters. The van der Waals surface area contributed by atoms with Gasteiger partial charge in [-0.2, -0.15) is 0 Å². The number of amides is 1. The second kappa shape index (κ2) is 6.96. The summed E-state index contributed by atoms with van der Waals surface area (Å²) in [7, 11) is 0. The molecule has 0 bridgehead atoms. The van der Waals surface area contributed by atoms with Gasteiger partial charge in [-0.3, -0.25) is 4.79 Å². The van der Waals surface area contributed by atoms with E-state index in [1.807, 2.05) is 12.1 Å². The highest BCUT2D eigenvalue weighted by Gasteiger charge is 2.27. The maximum Gasteiger partial charge on any atom is 0.273 e. The van der Waals surface area contributed by atoms with Crippen LogP contribution in [0, 0.1) is 0 Å². The topological polar surface area (TPSA) is 64.4 Å². The molecule has 1 N–H and O–H groups in total. The Balaban J connectivity index is 1.62. The smallest absolute Gasteiger partial charge is 0.273 e. The van der Waals surface area contributed by atoms with Crippen LogP contribution >= 0.6 is 0 Å². The first-order chi connectivity index (χ1) is 11.1. The molecule has 5 heteroatoms. The average molecular weight is 314 g/mol. The zero-order valence-electron chi connectivity index (χ0n) is 13.5. The van der Waals surface area contributed by atoms with Crippen molar-refractivity contribution in [3.63, 3.8) is 0 Å². The Kier molecular flexibility index (Phi) is 4.76. The van der Waals surface area contributed by atoms with Crippen LogP contribution in [0.3, 0.4) is 0 Å².